The van der Waals surface area contributed by atoms with E-state index in [0.29, 0.717) is 26.1 Å². The van der Waals surface area contributed by atoms with Crippen LogP contribution in [-0.4, -0.2) is 49.8 Å². The van der Waals surface area contributed by atoms with Gasteiger partial charge in [0, 0.05) is 32.8 Å². The van der Waals surface area contributed by atoms with E-state index in [1.54, 1.807) is 4.90 Å². The van der Waals surface area contributed by atoms with Crippen LogP contribution >= 0.6 is 12.4 Å². The molecule has 0 spiro atoms. The fourth-order valence-electron chi connectivity index (χ4n) is 3.01. The molecule has 21 heavy (non-hydrogen) atoms. The van der Waals surface area contributed by atoms with E-state index < -0.39 is 17.5 Å². The van der Waals surface area contributed by atoms with Crippen molar-refractivity contribution in [2.24, 2.45) is 17.1 Å². The summed E-state index contributed by atoms with van der Waals surface area (Å²) >= 11 is 0. The number of ether oxygens (including phenoxy) is 1. The number of hydrogen-bond donors (Lipinski definition) is 1. The molecule has 2 saturated heterocycles. The smallest absolute Gasteiger partial charge is 0.381 e. The van der Waals surface area contributed by atoms with Gasteiger partial charge in [-0.1, -0.05) is 0 Å². The fraction of sp³-hybridized carbons (Fsp3) is 0.923. The Morgan fingerprint density at radius 3 is 2.19 bits per heavy atom. The van der Waals surface area contributed by atoms with Gasteiger partial charge in [-0.3, -0.25) is 4.79 Å². The minimum absolute atomic E-state index is 0. The molecule has 0 atom stereocenters. The highest BCUT2D eigenvalue weighted by molar-refractivity contribution is 5.85. The van der Waals surface area contributed by atoms with E-state index >= 15 is 0 Å². The maximum absolute atomic E-state index is 12.6. The predicted octanol–water partition coefficient (Wildman–Crippen LogP) is 1.96. The highest BCUT2D eigenvalue weighted by Gasteiger charge is 2.45. The summed E-state index contributed by atoms with van der Waals surface area (Å²) in [5, 5.41) is 0. The van der Waals surface area contributed by atoms with Crippen molar-refractivity contribution in [2.45, 2.75) is 31.9 Å². The zero-order chi connectivity index (χ0) is 14.8. The van der Waals surface area contributed by atoms with Crippen LogP contribution in [0.15, 0.2) is 0 Å². The maximum atomic E-state index is 12.6. The molecule has 0 aromatic carbocycles. The summed E-state index contributed by atoms with van der Waals surface area (Å²) in [5.41, 5.74) is 5.12. The monoisotopic (exact) mass is 330 g/mol. The summed E-state index contributed by atoms with van der Waals surface area (Å²) in [6.45, 7) is 1.55. The molecule has 2 aliphatic heterocycles. The molecule has 2 rings (SSSR count). The molecule has 0 aliphatic carbocycles. The van der Waals surface area contributed by atoms with Gasteiger partial charge in [-0.25, -0.2) is 0 Å². The largest absolute Gasteiger partial charge is 0.391 e. The van der Waals surface area contributed by atoms with Gasteiger partial charge in [-0.2, -0.15) is 13.2 Å². The lowest BCUT2D eigenvalue weighted by molar-refractivity contribution is -0.188. The van der Waals surface area contributed by atoms with Crippen molar-refractivity contribution in [3.05, 3.63) is 0 Å². The quantitative estimate of drug-likeness (QED) is 0.842. The number of rotatable bonds is 2. The van der Waals surface area contributed by atoms with Crippen LogP contribution in [0.4, 0.5) is 13.2 Å². The van der Waals surface area contributed by atoms with Crippen LogP contribution in [0, 0.1) is 11.3 Å². The number of piperidine rings is 1. The number of nitrogens with two attached hydrogens (primary N) is 1. The van der Waals surface area contributed by atoms with Crippen LogP contribution in [-0.2, 0) is 9.53 Å². The van der Waals surface area contributed by atoms with E-state index in [1.807, 2.05) is 0 Å². The topological polar surface area (TPSA) is 55.6 Å². The van der Waals surface area contributed by atoms with Crippen LogP contribution in [0.25, 0.3) is 0 Å². The van der Waals surface area contributed by atoms with Crippen LogP contribution in [0.1, 0.15) is 25.7 Å². The second-order valence-corrected chi connectivity index (χ2v) is 5.70. The maximum Gasteiger partial charge on any atom is 0.391 e. The average Bonchev–Trinajstić information content (AvgIpc) is 2.46. The third-order valence-electron chi connectivity index (χ3n) is 4.54. The highest BCUT2D eigenvalue weighted by atomic mass is 35.5. The molecular formula is C13H22ClF3N2O2. The summed E-state index contributed by atoms with van der Waals surface area (Å²) in [5.74, 6) is -1.38. The summed E-state index contributed by atoms with van der Waals surface area (Å²) in [4.78, 5) is 14.1. The molecule has 0 aromatic heterocycles. The first-order valence-corrected chi connectivity index (χ1v) is 7.03. The minimum atomic E-state index is -4.15. The molecule has 1 amide bonds. The molecule has 0 aromatic rings. The van der Waals surface area contributed by atoms with Crippen molar-refractivity contribution >= 4 is 18.3 Å². The normalized spacial score (nSPS) is 23.5. The Labute approximate surface area is 128 Å². The zero-order valence-corrected chi connectivity index (χ0v) is 12.6. The van der Waals surface area contributed by atoms with Gasteiger partial charge in [-0.05, 0) is 25.7 Å². The van der Waals surface area contributed by atoms with Crippen molar-refractivity contribution in [2.75, 3.05) is 32.8 Å². The van der Waals surface area contributed by atoms with Gasteiger partial charge in [0.15, 0.2) is 0 Å². The number of carbonyl (C=O) groups excluding carboxylic acids is 1. The number of hydrogen-bond acceptors (Lipinski definition) is 3. The number of nitrogens with zero attached hydrogens (tertiary/aromatic N) is 1. The number of amides is 1. The Morgan fingerprint density at radius 2 is 1.76 bits per heavy atom. The predicted molar refractivity (Wildman–Crippen MR) is 74.1 cm³/mol. The Hall–Kier alpha value is -0.530. The van der Waals surface area contributed by atoms with Gasteiger partial charge >= 0.3 is 6.18 Å². The second-order valence-electron chi connectivity index (χ2n) is 5.70. The summed E-state index contributed by atoms with van der Waals surface area (Å²) in [6, 6.07) is 0. The van der Waals surface area contributed by atoms with Gasteiger partial charge < -0.3 is 15.4 Å². The van der Waals surface area contributed by atoms with E-state index in [1.165, 1.54) is 0 Å². The Balaban J connectivity index is 0.00000220. The number of likely N-dealkylation sites (tertiary alicyclic amines) is 1. The van der Waals surface area contributed by atoms with Gasteiger partial charge in [0.05, 0.1) is 11.3 Å². The third-order valence-corrected chi connectivity index (χ3v) is 4.54. The molecule has 0 bridgehead atoms. The van der Waals surface area contributed by atoms with E-state index in [2.05, 4.69) is 0 Å². The molecule has 2 N–H and O–H groups in total. The number of alkyl halides is 3. The molecule has 124 valence electrons. The standard InChI is InChI=1S/C13H21F3N2O2.ClH/c14-13(15,16)10-1-5-18(6-2-10)11(19)12(9-17)3-7-20-8-4-12;/h10H,1-9,17H2;1H. The average molecular weight is 331 g/mol. The van der Waals surface area contributed by atoms with Crippen molar-refractivity contribution in [1.29, 1.82) is 0 Å². The molecular weight excluding hydrogens is 309 g/mol. The molecule has 2 aliphatic rings. The SMILES string of the molecule is Cl.NCC1(C(=O)N2CCC(C(F)(F)F)CC2)CCOCC1. The van der Waals surface area contributed by atoms with E-state index in [9.17, 15) is 18.0 Å². The van der Waals surface area contributed by atoms with Crippen molar-refractivity contribution < 1.29 is 22.7 Å². The van der Waals surface area contributed by atoms with E-state index in [4.69, 9.17) is 10.5 Å². The lowest BCUT2D eigenvalue weighted by Gasteiger charge is -2.41. The fourth-order valence-corrected chi connectivity index (χ4v) is 3.01. The van der Waals surface area contributed by atoms with Crippen LogP contribution in [0.3, 0.4) is 0 Å². The molecule has 4 nitrogen and oxygen atoms in total. The number of carbonyl (C=O) groups is 1. The first kappa shape index (κ1) is 18.5. The van der Waals surface area contributed by atoms with Crippen molar-refractivity contribution in [3.63, 3.8) is 0 Å². The van der Waals surface area contributed by atoms with Crippen molar-refractivity contribution in [1.82, 2.24) is 4.90 Å². The Kier molecular flexibility index (Phi) is 6.31. The van der Waals surface area contributed by atoms with E-state index in [0.717, 1.165) is 0 Å². The lowest BCUT2D eigenvalue weighted by atomic mass is 9.78. The van der Waals surface area contributed by atoms with Crippen molar-refractivity contribution in [3.8, 4) is 0 Å². The second kappa shape index (κ2) is 7.15. The number of halogens is 4. The van der Waals surface area contributed by atoms with Gasteiger partial charge in [-0.15, -0.1) is 12.4 Å². The molecule has 8 heteroatoms. The zero-order valence-electron chi connectivity index (χ0n) is 11.8. The first-order valence-electron chi connectivity index (χ1n) is 7.03. The lowest BCUT2D eigenvalue weighted by Crippen LogP contribution is -2.53. The first-order chi connectivity index (χ1) is 9.39. The molecule has 0 saturated carbocycles. The van der Waals surface area contributed by atoms with Gasteiger partial charge in [0.25, 0.3) is 0 Å². The summed E-state index contributed by atoms with van der Waals surface area (Å²) in [6.07, 6.45) is -3.05. The highest BCUT2D eigenvalue weighted by Crippen LogP contribution is 2.37. The molecule has 2 heterocycles. The van der Waals surface area contributed by atoms with Crippen LogP contribution < -0.4 is 5.73 Å². The molecule has 0 unspecified atom stereocenters. The third kappa shape index (κ3) is 4.02. The molecule has 0 radical (unpaired) electrons. The Bertz CT molecular complexity index is 352. The molecule has 2 fully saturated rings. The summed E-state index contributed by atoms with van der Waals surface area (Å²) < 4.78 is 43.1. The summed E-state index contributed by atoms with van der Waals surface area (Å²) in [7, 11) is 0. The van der Waals surface area contributed by atoms with Gasteiger partial charge in [0.1, 0.15) is 0 Å². The minimum Gasteiger partial charge on any atom is -0.381 e. The van der Waals surface area contributed by atoms with Crippen LogP contribution in [0.2, 0.25) is 0 Å². The van der Waals surface area contributed by atoms with Crippen LogP contribution in [0.5, 0.6) is 0 Å². The van der Waals surface area contributed by atoms with Gasteiger partial charge in [0.2, 0.25) is 5.91 Å². The van der Waals surface area contributed by atoms with E-state index in [-0.39, 0.29) is 50.8 Å². The Morgan fingerprint density at radius 1 is 1.24 bits per heavy atom.